The number of esters is 1. The maximum atomic E-state index is 12.4. The Labute approximate surface area is 165 Å². The van der Waals surface area contributed by atoms with Gasteiger partial charge in [0.1, 0.15) is 17.9 Å². The molecule has 27 heavy (non-hydrogen) atoms. The van der Waals surface area contributed by atoms with Crippen LogP contribution in [0.4, 0.5) is 0 Å². The summed E-state index contributed by atoms with van der Waals surface area (Å²) >= 11 is 7.52. The van der Waals surface area contributed by atoms with Crippen LogP contribution in [0.5, 0.6) is 5.75 Å². The highest BCUT2D eigenvalue weighted by molar-refractivity contribution is 7.09. The molecule has 1 aromatic heterocycles. The zero-order valence-corrected chi connectivity index (χ0v) is 16.0. The van der Waals surface area contributed by atoms with Gasteiger partial charge in [0.05, 0.1) is 15.7 Å². The molecular formula is C20H16ClNO4S. The lowest BCUT2D eigenvalue weighted by Gasteiger charge is -2.10. The Morgan fingerprint density at radius 2 is 1.78 bits per heavy atom. The van der Waals surface area contributed by atoms with E-state index in [1.165, 1.54) is 11.3 Å². The fourth-order valence-electron chi connectivity index (χ4n) is 2.36. The number of hydrogen-bond donors (Lipinski definition) is 0. The second-order valence-electron chi connectivity index (χ2n) is 5.62. The Bertz CT molecular complexity index is 970. The number of benzene rings is 2. The van der Waals surface area contributed by atoms with E-state index in [1.54, 1.807) is 48.5 Å². The van der Waals surface area contributed by atoms with Crippen LogP contribution in [0.3, 0.4) is 0 Å². The summed E-state index contributed by atoms with van der Waals surface area (Å²) in [4.78, 5) is 28.9. The standard InChI is InChI=1S/C20H16ClNO4S/c1-13-22-14(12-27-13)10-25-19-9-5-3-7-16(19)20(24)26-11-18(23)15-6-2-4-8-17(15)21/h2-9,12H,10-11H2,1H3. The van der Waals surface area contributed by atoms with Crippen LogP contribution in [0.2, 0.25) is 5.02 Å². The van der Waals surface area contributed by atoms with Crippen molar-refractivity contribution in [1.82, 2.24) is 4.98 Å². The number of ether oxygens (including phenoxy) is 2. The van der Waals surface area contributed by atoms with Crippen LogP contribution in [-0.2, 0) is 11.3 Å². The van der Waals surface area contributed by atoms with Crippen molar-refractivity contribution in [2.75, 3.05) is 6.61 Å². The molecule has 0 unspecified atom stereocenters. The molecule has 138 valence electrons. The second-order valence-corrected chi connectivity index (χ2v) is 7.09. The van der Waals surface area contributed by atoms with Crippen molar-refractivity contribution in [1.29, 1.82) is 0 Å². The van der Waals surface area contributed by atoms with Gasteiger partial charge in [0.25, 0.3) is 0 Å². The van der Waals surface area contributed by atoms with E-state index in [4.69, 9.17) is 21.1 Å². The number of carbonyl (C=O) groups excluding carboxylic acids is 2. The molecule has 0 radical (unpaired) electrons. The van der Waals surface area contributed by atoms with E-state index in [-0.39, 0.29) is 18.0 Å². The number of ketones is 1. The summed E-state index contributed by atoms with van der Waals surface area (Å²) < 4.78 is 10.9. The summed E-state index contributed by atoms with van der Waals surface area (Å²) in [5, 5.41) is 3.17. The minimum absolute atomic E-state index is 0.243. The quantitative estimate of drug-likeness (QED) is 0.423. The largest absolute Gasteiger partial charge is 0.486 e. The normalized spacial score (nSPS) is 10.4. The van der Waals surface area contributed by atoms with Crippen LogP contribution >= 0.6 is 22.9 Å². The Balaban J connectivity index is 1.64. The fourth-order valence-corrected chi connectivity index (χ4v) is 3.20. The first-order chi connectivity index (χ1) is 13.0. The molecule has 0 spiro atoms. The van der Waals surface area contributed by atoms with E-state index < -0.39 is 12.6 Å². The number of rotatable bonds is 7. The van der Waals surface area contributed by atoms with Crippen molar-refractivity contribution in [3.8, 4) is 5.75 Å². The number of aromatic nitrogens is 1. The highest BCUT2D eigenvalue weighted by Crippen LogP contribution is 2.21. The average Bonchev–Trinajstić information content (AvgIpc) is 3.10. The van der Waals surface area contributed by atoms with E-state index in [9.17, 15) is 9.59 Å². The maximum Gasteiger partial charge on any atom is 0.342 e. The van der Waals surface area contributed by atoms with E-state index in [1.807, 2.05) is 12.3 Å². The van der Waals surface area contributed by atoms with Gasteiger partial charge in [-0.25, -0.2) is 9.78 Å². The lowest BCUT2D eigenvalue weighted by molar-refractivity contribution is 0.0470. The molecule has 0 aliphatic rings. The second kappa shape index (κ2) is 8.79. The number of Topliss-reactive ketones (excluding diaryl/α,β-unsaturated/α-hetero) is 1. The van der Waals surface area contributed by atoms with Crippen LogP contribution < -0.4 is 4.74 Å². The molecule has 0 aliphatic carbocycles. The topological polar surface area (TPSA) is 65.5 Å². The number of para-hydroxylation sites is 1. The summed E-state index contributed by atoms with van der Waals surface area (Å²) in [6, 6.07) is 13.3. The zero-order chi connectivity index (χ0) is 19.2. The van der Waals surface area contributed by atoms with Crippen molar-refractivity contribution >= 4 is 34.7 Å². The molecule has 3 rings (SSSR count). The number of nitrogens with zero attached hydrogens (tertiary/aromatic N) is 1. The average molecular weight is 402 g/mol. The van der Waals surface area contributed by atoms with Gasteiger partial charge in [-0.15, -0.1) is 11.3 Å². The van der Waals surface area contributed by atoms with E-state index in [2.05, 4.69) is 4.98 Å². The molecule has 0 amide bonds. The SMILES string of the molecule is Cc1nc(COc2ccccc2C(=O)OCC(=O)c2ccccc2Cl)cs1. The first kappa shape index (κ1) is 19.1. The van der Waals surface area contributed by atoms with Crippen LogP contribution in [0.15, 0.2) is 53.9 Å². The number of carbonyl (C=O) groups is 2. The molecule has 0 bridgehead atoms. The van der Waals surface area contributed by atoms with Gasteiger partial charge in [0.15, 0.2) is 6.61 Å². The molecule has 0 atom stereocenters. The molecule has 2 aromatic carbocycles. The summed E-state index contributed by atoms with van der Waals surface area (Å²) in [6.07, 6.45) is 0. The third kappa shape index (κ3) is 4.93. The van der Waals surface area contributed by atoms with Crippen molar-refractivity contribution < 1.29 is 19.1 Å². The highest BCUT2D eigenvalue weighted by Gasteiger charge is 2.17. The van der Waals surface area contributed by atoms with Gasteiger partial charge < -0.3 is 9.47 Å². The minimum Gasteiger partial charge on any atom is -0.486 e. The smallest absolute Gasteiger partial charge is 0.342 e. The number of halogens is 1. The molecule has 3 aromatic rings. The first-order valence-electron chi connectivity index (χ1n) is 8.12. The summed E-state index contributed by atoms with van der Waals surface area (Å²) in [5.74, 6) is -0.635. The van der Waals surface area contributed by atoms with Gasteiger partial charge in [-0.1, -0.05) is 35.9 Å². The lowest BCUT2D eigenvalue weighted by Crippen LogP contribution is -2.15. The van der Waals surface area contributed by atoms with Crippen LogP contribution in [0.25, 0.3) is 0 Å². The molecule has 0 saturated heterocycles. The number of aryl methyl sites for hydroxylation is 1. The Morgan fingerprint density at radius 1 is 1.07 bits per heavy atom. The molecular weight excluding hydrogens is 386 g/mol. The Morgan fingerprint density at radius 3 is 2.48 bits per heavy atom. The Kier molecular flexibility index (Phi) is 6.21. The zero-order valence-electron chi connectivity index (χ0n) is 14.5. The predicted octanol–water partition coefficient (Wildman–Crippen LogP) is 4.72. The highest BCUT2D eigenvalue weighted by atomic mass is 35.5. The van der Waals surface area contributed by atoms with Gasteiger partial charge >= 0.3 is 5.97 Å². The summed E-state index contributed by atoms with van der Waals surface area (Å²) in [5.41, 5.74) is 1.35. The molecule has 7 heteroatoms. The number of thiazole rings is 1. The van der Waals surface area contributed by atoms with Gasteiger partial charge in [-0.05, 0) is 31.2 Å². The van der Waals surface area contributed by atoms with Gasteiger partial charge in [-0.3, -0.25) is 4.79 Å². The molecule has 0 N–H and O–H groups in total. The summed E-state index contributed by atoms with van der Waals surface area (Å²) in [7, 11) is 0. The van der Waals surface area contributed by atoms with E-state index in [0.29, 0.717) is 16.3 Å². The minimum atomic E-state index is -0.638. The van der Waals surface area contributed by atoms with Crippen molar-refractivity contribution in [3.63, 3.8) is 0 Å². The predicted molar refractivity (Wildman–Crippen MR) is 104 cm³/mol. The maximum absolute atomic E-state index is 12.4. The molecule has 1 heterocycles. The Hall–Kier alpha value is -2.70. The third-order valence-electron chi connectivity index (χ3n) is 3.66. The fraction of sp³-hybridized carbons (Fsp3) is 0.150. The number of hydrogen-bond acceptors (Lipinski definition) is 6. The van der Waals surface area contributed by atoms with Crippen LogP contribution in [0, 0.1) is 6.92 Å². The van der Waals surface area contributed by atoms with Crippen LogP contribution in [-0.4, -0.2) is 23.3 Å². The van der Waals surface area contributed by atoms with E-state index in [0.717, 1.165) is 10.7 Å². The van der Waals surface area contributed by atoms with Crippen molar-refractivity contribution in [3.05, 3.63) is 80.8 Å². The van der Waals surface area contributed by atoms with Gasteiger partial charge in [0, 0.05) is 10.9 Å². The first-order valence-corrected chi connectivity index (χ1v) is 9.38. The molecule has 0 fully saturated rings. The third-order valence-corrected chi connectivity index (χ3v) is 4.81. The molecule has 0 saturated carbocycles. The summed E-state index contributed by atoms with van der Waals surface area (Å²) in [6.45, 7) is 1.75. The van der Waals surface area contributed by atoms with Crippen molar-refractivity contribution in [2.24, 2.45) is 0 Å². The van der Waals surface area contributed by atoms with E-state index >= 15 is 0 Å². The lowest BCUT2D eigenvalue weighted by atomic mass is 10.1. The van der Waals surface area contributed by atoms with Crippen molar-refractivity contribution in [2.45, 2.75) is 13.5 Å². The molecule has 0 aliphatic heterocycles. The van der Waals surface area contributed by atoms with Gasteiger partial charge in [-0.2, -0.15) is 0 Å². The van der Waals surface area contributed by atoms with Gasteiger partial charge in [0.2, 0.25) is 5.78 Å². The van der Waals surface area contributed by atoms with Crippen LogP contribution in [0.1, 0.15) is 31.4 Å². The monoisotopic (exact) mass is 401 g/mol. The molecule has 5 nitrogen and oxygen atoms in total.